The van der Waals surface area contributed by atoms with Crippen LogP contribution in [0.4, 0.5) is 18.9 Å². The van der Waals surface area contributed by atoms with Crippen LogP contribution in [0.5, 0.6) is 0 Å². The van der Waals surface area contributed by atoms with Gasteiger partial charge in [0.2, 0.25) is 0 Å². The van der Waals surface area contributed by atoms with Crippen molar-refractivity contribution in [2.45, 2.75) is 19.1 Å². The van der Waals surface area contributed by atoms with E-state index >= 15 is 0 Å². The number of hydrogen-bond acceptors (Lipinski definition) is 4. The summed E-state index contributed by atoms with van der Waals surface area (Å²) in [7, 11) is 0. The monoisotopic (exact) mass is 315 g/mol. The number of nitrogens with zero attached hydrogens (tertiary/aromatic N) is 2. The minimum absolute atomic E-state index is 0.493. The number of rotatable bonds is 1. The molecule has 1 aromatic carbocycles. The van der Waals surface area contributed by atoms with Crippen LogP contribution >= 0.6 is 0 Å². The summed E-state index contributed by atoms with van der Waals surface area (Å²) < 4.78 is 31.7. The van der Waals surface area contributed by atoms with Crippen molar-refractivity contribution in [1.82, 2.24) is 5.32 Å². The summed E-state index contributed by atoms with van der Waals surface area (Å²) in [4.78, 5) is 11.2. The molecule has 2 N–H and O–H groups in total. The average Bonchev–Trinajstić information content (AvgIpc) is 2.47. The second kappa shape index (κ2) is 7.66. The molecule has 0 aromatic heterocycles. The summed E-state index contributed by atoms with van der Waals surface area (Å²) in [5.74, 6) is -2.76. The van der Waals surface area contributed by atoms with Crippen LogP contribution in [-0.2, 0) is 4.79 Å². The summed E-state index contributed by atoms with van der Waals surface area (Å²) >= 11 is 0. The fraction of sp³-hybridized carbons (Fsp3) is 0.429. The van der Waals surface area contributed by atoms with Crippen molar-refractivity contribution in [3.8, 4) is 6.07 Å². The van der Waals surface area contributed by atoms with E-state index in [0.717, 1.165) is 30.9 Å². The molecule has 1 aromatic rings. The zero-order chi connectivity index (χ0) is 16.8. The molecular formula is C14H16F3N3O2. The van der Waals surface area contributed by atoms with Gasteiger partial charge in [-0.15, -0.1) is 0 Å². The lowest BCUT2D eigenvalue weighted by Crippen LogP contribution is -2.49. The Morgan fingerprint density at radius 2 is 2.14 bits per heavy atom. The first-order chi connectivity index (χ1) is 10.3. The largest absolute Gasteiger partial charge is 0.490 e. The summed E-state index contributed by atoms with van der Waals surface area (Å²) in [6, 6.07) is 10.5. The summed E-state index contributed by atoms with van der Waals surface area (Å²) in [5, 5.41) is 19.3. The highest BCUT2D eigenvalue weighted by Crippen LogP contribution is 2.19. The van der Waals surface area contributed by atoms with Gasteiger partial charge in [-0.25, -0.2) is 4.79 Å². The Labute approximate surface area is 126 Å². The van der Waals surface area contributed by atoms with E-state index in [0.29, 0.717) is 6.04 Å². The number of anilines is 1. The molecule has 0 aliphatic carbocycles. The maximum absolute atomic E-state index is 10.6. The molecule has 1 aliphatic heterocycles. The lowest BCUT2D eigenvalue weighted by molar-refractivity contribution is -0.192. The Morgan fingerprint density at radius 3 is 2.64 bits per heavy atom. The van der Waals surface area contributed by atoms with Gasteiger partial charge >= 0.3 is 12.1 Å². The Balaban J connectivity index is 0.000000295. The van der Waals surface area contributed by atoms with Crippen molar-refractivity contribution in [1.29, 1.82) is 5.26 Å². The molecule has 1 heterocycles. The van der Waals surface area contributed by atoms with Crippen LogP contribution in [-0.4, -0.2) is 42.9 Å². The number of carboxylic acid groups (broad SMARTS) is 1. The van der Waals surface area contributed by atoms with Crippen molar-refractivity contribution in [2.24, 2.45) is 0 Å². The zero-order valence-corrected chi connectivity index (χ0v) is 11.9. The second-order valence-electron chi connectivity index (χ2n) is 4.71. The van der Waals surface area contributed by atoms with E-state index in [1.54, 1.807) is 0 Å². The molecule has 0 bridgehead atoms. The van der Waals surface area contributed by atoms with E-state index in [4.69, 9.17) is 15.2 Å². The Morgan fingerprint density at radius 1 is 1.50 bits per heavy atom. The predicted octanol–water partition coefficient (Wildman–Crippen LogP) is 1.99. The first-order valence-electron chi connectivity index (χ1n) is 6.53. The van der Waals surface area contributed by atoms with Gasteiger partial charge < -0.3 is 15.3 Å². The molecule has 2 rings (SSSR count). The van der Waals surface area contributed by atoms with Gasteiger partial charge in [0.05, 0.1) is 11.6 Å². The van der Waals surface area contributed by atoms with Crippen molar-refractivity contribution < 1.29 is 23.1 Å². The molecule has 22 heavy (non-hydrogen) atoms. The number of halogens is 3. The van der Waals surface area contributed by atoms with E-state index in [-0.39, 0.29) is 0 Å². The Kier molecular flexibility index (Phi) is 6.19. The molecule has 0 saturated carbocycles. The fourth-order valence-electron chi connectivity index (χ4n) is 1.98. The van der Waals surface area contributed by atoms with Crippen molar-refractivity contribution in [3.05, 3.63) is 29.8 Å². The van der Waals surface area contributed by atoms with E-state index in [1.807, 2.05) is 18.2 Å². The van der Waals surface area contributed by atoms with Crippen molar-refractivity contribution >= 4 is 11.7 Å². The first-order valence-corrected chi connectivity index (χ1v) is 6.53. The third kappa shape index (κ3) is 5.26. The summed E-state index contributed by atoms with van der Waals surface area (Å²) in [5.41, 5.74) is 1.89. The summed E-state index contributed by atoms with van der Waals surface area (Å²) in [6.45, 7) is 5.24. The van der Waals surface area contributed by atoms with Crippen LogP contribution in [0.15, 0.2) is 24.3 Å². The number of carboxylic acids is 1. The van der Waals surface area contributed by atoms with E-state index in [2.05, 4.69) is 29.3 Å². The van der Waals surface area contributed by atoms with Gasteiger partial charge in [0, 0.05) is 31.4 Å². The number of benzene rings is 1. The normalized spacial score (nSPS) is 18.0. The number of carbonyl (C=O) groups is 1. The highest BCUT2D eigenvalue weighted by atomic mass is 19.4. The lowest BCUT2D eigenvalue weighted by atomic mass is 10.1. The molecule has 1 fully saturated rings. The second-order valence-corrected chi connectivity index (χ2v) is 4.71. The number of alkyl halides is 3. The van der Waals surface area contributed by atoms with Crippen LogP contribution in [0.25, 0.3) is 0 Å². The third-order valence-electron chi connectivity index (χ3n) is 3.05. The minimum Gasteiger partial charge on any atom is -0.475 e. The van der Waals surface area contributed by atoms with Gasteiger partial charge in [-0.05, 0) is 25.1 Å². The molecule has 0 spiro atoms. The van der Waals surface area contributed by atoms with Crippen LogP contribution in [0.1, 0.15) is 12.5 Å². The quantitative estimate of drug-likeness (QED) is 0.829. The van der Waals surface area contributed by atoms with E-state index in [1.165, 1.54) is 0 Å². The number of aliphatic carboxylic acids is 1. The number of nitriles is 1. The van der Waals surface area contributed by atoms with Gasteiger partial charge in [0.15, 0.2) is 0 Å². The SMILES string of the molecule is CC1CNCCN1c1cccc(C#N)c1.O=C(O)C(F)(F)F. The van der Waals surface area contributed by atoms with Gasteiger partial charge in [0.1, 0.15) is 0 Å². The van der Waals surface area contributed by atoms with E-state index in [9.17, 15) is 13.2 Å². The first kappa shape index (κ1) is 17.8. The van der Waals surface area contributed by atoms with Crippen LogP contribution in [0, 0.1) is 11.3 Å². The molecule has 1 unspecified atom stereocenters. The maximum atomic E-state index is 10.6. The average molecular weight is 315 g/mol. The third-order valence-corrected chi connectivity index (χ3v) is 3.05. The molecule has 120 valence electrons. The molecular weight excluding hydrogens is 299 g/mol. The molecule has 0 amide bonds. The predicted molar refractivity (Wildman–Crippen MR) is 74.5 cm³/mol. The van der Waals surface area contributed by atoms with Gasteiger partial charge in [-0.1, -0.05) is 6.07 Å². The number of piperazine rings is 1. The van der Waals surface area contributed by atoms with Gasteiger partial charge in [-0.2, -0.15) is 18.4 Å². The van der Waals surface area contributed by atoms with Crippen LogP contribution < -0.4 is 10.2 Å². The summed E-state index contributed by atoms with van der Waals surface area (Å²) in [6.07, 6.45) is -5.08. The molecule has 5 nitrogen and oxygen atoms in total. The standard InChI is InChI=1S/C12H15N3.C2HF3O2/c1-10-9-14-5-6-15(10)12-4-2-3-11(7-12)8-13;3-2(4,5)1(6)7/h2-4,7,10,14H,5-6,9H2,1H3;(H,6,7). The number of hydrogen-bond donors (Lipinski definition) is 2. The van der Waals surface area contributed by atoms with Gasteiger partial charge in [0.25, 0.3) is 0 Å². The van der Waals surface area contributed by atoms with Crippen LogP contribution in [0.3, 0.4) is 0 Å². The minimum atomic E-state index is -5.08. The Bertz CT molecular complexity index is 555. The Hall–Kier alpha value is -2.27. The van der Waals surface area contributed by atoms with Crippen molar-refractivity contribution in [3.63, 3.8) is 0 Å². The maximum Gasteiger partial charge on any atom is 0.490 e. The molecule has 8 heteroatoms. The molecule has 1 aliphatic rings. The highest BCUT2D eigenvalue weighted by Gasteiger charge is 2.38. The smallest absolute Gasteiger partial charge is 0.475 e. The fourth-order valence-corrected chi connectivity index (χ4v) is 1.98. The topological polar surface area (TPSA) is 76.4 Å². The highest BCUT2D eigenvalue weighted by molar-refractivity contribution is 5.73. The number of nitrogens with one attached hydrogen (secondary N) is 1. The zero-order valence-electron chi connectivity index (χ0n) is 11.9. The molecule has 0 radical (unpaired) electrons. The molecule has 1 atom stereocenters. The van der Waals surface area contributed by atoms with Crippen molar-refractivity contribution in [2.75, 3.05) is 24.5 Å². The van der Waals surface area contributed by atoms with Gasteiger partial charge in [-0.3, -0.25) is 0 Å². The lowest BCUT2D eigenvalue weighted by Gasteiger charge is -2.35. The van der Waals surface area contributed by atoms with E-state index < -0.39 is 12.1 Å². The van der Waals surface area contributed by atoms with Crippen LogP contribution in [0.2, 0.25) is 0 Å². The molecule has 1 saturated heterocycles.